The summed E-state index contributed by atoms with van der Waals surface area (Å²) in [6.45, 7) is 0. The fraction of sp³-hybridized carbons (Fsp3) is 0.0476. The minimum absolute atomic E-state index is 0.0669. The number of carbonyl (C=O) groups is 2. The number of imidazole rings is 1. The number of ketones is 2. The van der Waals surface area contributed by atoms with Crippen molar-refractivity contribution in [3.63, 3.8) is 0 Å². The van der Waals surface area contributed by atoms with E-state index in [9.17, 15) is 18.4 Å². The third kappa shape index (κ3) is 3.29. The Bertz CT molecular complexity index is 1140. The Balaban J connectivity index is 1.85. The maximum Gasteiger partial charge on any atom is 0.181 e. The lowest BCUT2D eigenvalue weighted by molar-refractivity contribution is 0.0855. The van der Waals surface area contributed by atoms with Crippen LogP contribution in [-0.2, 0) is 0 Å². The second kappa shape index (κ2) is 7.11. The predicted octanol–water partition coefficient (Wildman–Crippen LogP) is 4.09. The quantitative estimate of drug-likeness (QED) is 0.420. The molecule has 1 N–H and O–H groups in total. The van der Waals surface area contributed by atoms with E-state index >= 15 is 0 Å². The number of H-pyrrole nitrogens is 1. The molecule has 0 saturated heterocycles. The van der Waals surface area contributed by atoms with Gasteiger partial charge in [-0.2, -0.15) is 0 Å². The Morgan fingerprint density at radius 3 is 2.21 bits per heavy atom. The second-order valence-electron chi connectivity index (χ2n) is 6.18. The number of hydrogen-bond donors (Lipinski definition) is 1. The smallest absolute Gasteiger partial charge is 0.181 e. The summed E-state index contributed by atoms with van der Waals surface area (Å²) in [6, 6.07) is 14.0. The van der Waals surface area contributed by atoms with Gasteiger partial charge in [-0.3, -0.25) is 9.59 Å². The number of nitrogens with zero attached hydrogens (tertiary/aromatic N) is 2. The molecule has 138 valence electrons. The zero-order chi connectivity index (χ0) is 19.7. The number of pyridine rings is 1. The van der Waals surface area contributed by atoms with Gasteiger partial charge in [-0.05, 0) is 24.3 Å². The minimum atomic E-state index is -1.39. The SMILES string of the molecule is O=C(c1ccccc1)C(C(=O)c1cc(F)cc(F)c1)c1nc2ncccc2[nH]1. The van der Waals surface area contributed by atoms with Gasteiger partial charge in [0.15, 0.2) is 17.2 Å². The van der Waals surface area contributed by atoms with Crippen molar-refractivity contribution in [2.24, 2.45) is 0 Å². The normalized spacial score (nSPS) is 12.1. The number of carbonyl (C=O) groups excluding carboxylic acids is 2. The Labute approximate surface area is 158 Å². The molecule has 1 unspecified atom stereocenters. The van der Waals surface area contributed by atoms with Crippen LogP contribution in [-0.4, -0.2) is 26.5 Å². The molecule has 0 fully saturated rings. The summed E-state index contributed by atoms with van der Waals surface area (Å²) >= 11 is 0. The van der Waals surface area contributed by atoms with E-state index in [1.807, 2.05) is 0 Å². The first-order chi connectivity index (χ1) is 13.5. The van der Waals surface area contributed by atoms with Crippen molar-refractivity contribution in [3.8, 4) is 0 Å². The first kappa shape index (κ1) is 17.7. The molecule has 0 amide bonds. The molecule has 2 aromatic carbocycles. The lowest BCUT2D eigenvalue weighted by Gasteiger charge is -2.13. The molecule has 1 atom stereocenters. The predicted molar refractivity (Wildman–Crippen MR) is 98.1 cm³/mol. The number of rotatable bonds is 5. The van der Waals surface area contributed by atoms with Crippen molar-refractivity contribution in [3.05, 3.63) is 95.4 Å². The number of benzene rings is 2. The Kier molecular flexibility index (Phi) is 4.49. The number of aromatic amines is 1. The van der Waals surface area contributed by atoms with Crippen LogP contribution in [0.25, 0.3) is 11.2 Å². The molecule has 28 heavy (non-hydrogen) atoms. The van der Waals surface area contributed by atoms with Crippen LogP contribution in [0.15, 0.2) is 66.9 Å². The molecule has 2 heterocycles. The average molecular weight is 377 g/mol. The number of hydrogen-bond acceptors (Lipinski definition) is 4. The molecular weight excluding hydrogens is 364 g/mol. The van der Waals surface area contributed by atoms with Gasteiger partial charge in [-0.1, -0.05) is 30.3 Å². The summed E-state index contributed by atoms with van der Waals surface area (Å²) < 4.78 is 27.3. The fourth-order valence-corrected chi connectivity index (χ4v) is 3.00. The molecule has 2 aromatic heterocycles. The van der Waals surface area contributed by atoms with E-state index in [2.05, 4.69) is 15.0 Å². The van der Waals surface area contributed by atoms with E-state index in [-0.39, 0.29) is 17.0 Å². The highest BCUT2D eigenvalue weighted by Crippen LogP contribution is 2.26. The molecule has 7 heteroatoms. The van der Waals surface area contributed by atoms with Crippen LogP contribution >= 0.6 is 0 Å². The summed E-state index contributed by atoms with van der Waals surface area (Å²) in [4.78, 5) is 37.5. The monoisotopic (exact) mass is 377 g/mol. The highest BCUT2D eigenvalue weighted by molar-refractivity contribution is 6.19. The molecule has 4 aromatic rings. The van der Waals surface area contributed by atoms with E-state index in [0.29, 0.717) is 17.2 Å². The summed E-state index contributed by atoms with van der Waals surface area (Å²) in [5, 5.41) is 0. The van der Waals surface area contributed by atoms with Crippen molar-refractivity contribution < 1.29 is 18.4 Å². The lowest BCUT2D eigenvalue weighted by atomic mass is 9.89. The van der Waals surface area contributed by atoms with Crippen LogP contribution in [0.3, 0.4) is 0 Å². The second-order valence-corrected chi connectivity index (χ2v) is 6.18. The van der Waals surface area contributed by atoms with Gasteiger partial charge < -0.3 is 4.98 Å². The summed E-state index contributed by atoms with van der Waals surface area (Å²) in [6.07, 6.45) is 1.53. The van der Waals surface area contributed by atoms with Gasteiger partial charge in [0.25, 0.3) is 0 Å². The van der Waals surface area contributed by atoms with Crippen molar-refractivity contribution >= 4 is 22.7 Å². The topological polar surface area (TPSA) is 75.7 Å². The highest BCUT2D eigenvalue weighted by atomic mass is 19.1. The number of halogens is 2. The first-order valence-electron chi connectivity index (χ1n) is 8.43. The number of aromatic nitrogens is 3. The molecule has 0 radical (unpaired) electrons. The van der Waals surface area contributed by atoms with E-state index in [4.69, 9.17) is 0 Å². The van der Waals surface area contributed by atoms with Crippen molar-refractivity contribution in [2.45, 2.75) is 5.92 Å². The highest BCUT2D eigenvalue weighted by Gasteiger charge is 2.33. The molecule has 0 bridgehead atoms. The third-order valence-electron chi connectivity index (χ3n) is 4.28. The van der Waals surface area contributed by atoms with Gasteiger partial charge in [-0.15, -0.1) is 0 Å². The van der Waals surface area contributed by atoms with Crippen molar-refractivity contribution in [1.29, 1.82) is 0 Å². The maximum atomic E-state index is 13.6. The van der Waals surface area contributed by atoms with Gasteiger partial charge in [0, 0.05) is 23.4 Å². The summed E-state index contributed by atoms with van der Waals surface area (Å²) in [5.41, 5.74) is 0.912. The zero-order valence-corrected chi connectivity index (χ0v) is 14.4. The molecule has 0 saturated carbocycles. The third-order valence-corrected chi connectivity index (χ3v) is 4.28. The van der Waals surface area contributed by atoms with Crippen LogP contribution < -0.4 is 0 Å². The molecule has 0 aliphatic rings. The lowest BCUT2D eigenvalue weighted by Crippen LogP contribution is -2.24. The molecule has 0 spiro atoms. The van der Waals surface area contributed by atoms with Crippen LogP contribution in [0.4, 0.5) is 8.78 Å². The Hall–Kier alpha value is -3.74. The van der Waals surface area contributed by atoms with Crippen LogP contribution in [0.1, 0.15) is 32.5 Å². The van der Waals surface area contributed by atoms with E-state index in [1.54, 1.807) is 42.5 Å². The summed E-state index contributed by atoms with van der Waals surface area (Å²) in [5.74, 6) is -4.42. The van der Waals surface area contributed by atoms with Crippen molar-refractivity contribution in [2.75, 3.05) is 0 Å². The summed E-state index contributed by atoms with van der Waals surface area (Å²) in [7, 11) is 0. The standard InChI is InChI=1S/C21H13F2N3O2/c22-14-9-13(10-15(23)11-14)19(28)17(18(27)12-5-2-1-3-6-12)21-25-16-7-4-8-24-20(16)26-21/h1-11,17H,(H,24,25,26). The van der Waals surface area contributed by atoms with E-state index in [0.717, 1.165) is 12.1 Å². The largest absolute Gasteiger partial charge is 0.340 e. The van der Waals surface area contributed by atoms with Gasteiger partial charge in [-0.25, -0.2) is 18.7 Å². The number of fused-ring (bicyclic) bond motifs is 1. The average Bonchev–Trinajstić information content (AvgIpc) is 3.11. The van der Waals surface area contributed by atoms with E-state index in [1.165, 1.54) is 6.20 Å². The Morgan fingerprint density at radius 2 is 1.54 bits per heavy atom. The van der Waals surface area contributed by atoms with Gasteiger partial charge in [0.2, 0.25) is 0 Å². The van der Waals surface area contributed by atoms with Crippen molar-refractivity contribution in [1.82, 2.24) is 15.0 Å². The molecule has 4 rings (SSSR count). The molecular formula is C21H13F2N3O2. The molecule has 0 aliphatic carbocycles. The van der Waals surface area contributed by atoms with Crippen LogP contribution in [0.5, 0.6) is 0 Å². The van der Waals surface area contributed by atoms with Crippen LogP contribution in [0, 0.1) is 11.6 Å². The minimum Gasteiger partial charge on any atom is -0.340 e. The first-order valence-corrected chi connectivity index (χ1v) is 8.43. The van der Waals surface area contributed by atoms with E-state index < -0.39 is 29.1 Å². The van der Waals surface area contributed by atoms with Crippen LogP contribution in [0.2, 0.25) is 0 Å². The fourth-order valence-electron chi connectivity index (χ4n) is 3.00. The zero-order valence-electron chi connectivity index (χ0n) is 14.4. The van der Waals surface area contributed by atoms with Gasteiger partial charge in [0.05, 0.1) is 5.52 Å². The molecule has 5 nitrogen and oxygen atoms in total. The van der Waals surface area contributed by atoms with Gasteiger partial charge >= 0.3 is 0 Å². The van der Waals surface area contributed by atoms with Gasteiger partial charge in [0.1, 0.15) is 23.4 Å². The maximum absolute atomic E-state index is 13.6. The number of nitrogens with one attached hydrogen (secondary N) is 1. The number of Topliss-reactive ketones (excluding diaryl/α,β-unsaturated/α-hetero) is 2. The Morgan fingerprint density at radius 1 is 0.857 bits per heavy atom. The molecule has 0 aliphatic heterocycles.